The number of azide groups is 1. The van der Waals surface area contributed by atoms with Gasteiger partial charge in [0.2, 0.25) is 18.2 Å². The molecule has 18 heteroatoms. The van der Waals surface area contributed by atoms with Gasteiger partial charge < -0.3 is 34.7 Å². The number of alkyl carbamates (subject to hydrolysis) is 1. The second-order valence-corrected chi connectivity index (χ2v) is 15.5. The lowest BCUT2D eigenvalue weighted by molar-refractivity contribution is -0.229. The van der Waals surface area contributed by atoms with E-state index in [1.807, 2.05) is 81.1 Å². The SMILES string of the molecule is COC(=O)N[C@H](C(=O)N1C[C@@H](N=[N+]=[N-])C[C@H]1c1ncc(-c2ccc(-c3ccc(-c4[nH]c([C@@H]5CCCN5C(=O)[C@@H](COOC=N)C(C)C)nc4Cl)cc3)cc2)[nH]1)C(C)C. The Morgan fingerprint density at radius 2 is 1.66 bits per heavy atom. The lowest BCUT2D eigenvalue weighted by Crippen LogP contribution is -2.51. The van der Waals surface area contributed by atoms with Gasteiger partial charge in [-0.3, -0.25) is 15.0 Å². The number of hydrogen-bond donors (Lipinski definition) is 4. The van der Waals surface area contributed by atoms with Crippen molar-refractivity contribution in [1.29, 1.82) is 5.41 Å². The average molecular weight is 814 g/mol. The molecular weight excluding hydrogens is 766 g/mol. The summed E-state index contributed by atoms with van der Waals surface area (Å²) in [4.78, 5) is 71.5. The van der Waals surface area contributed by atoms with E-state index in [9.17, 15) is 14.4 Å². The number of hydrogen-bond acceptors (Lipinski definition) is 10. The zero-order valence-corrected chi connectivity index (χ0v) is 33.8. The Kier molecular flexibility index (Phi) is 13.4. The van der Waals surface area contributed by atoms with Gasteiger partial charge in [0, 0.05) is 23.6 Å². The molecule has 2 aliphatic heterocycles. The number of amides is 3. The first kappa shape index (κ1) is 41.7. The quantitative estimate of drug-likeness (QED) is 0.0136. The van der Waals surface area contributed by atoms with Crippen LogP contribution in [0.25, 0.3) is 44.1 Å². The fourth-order valence-corrected chi connectivity index (χ4v) is 7.86. The molecule has 306 valence electrons. The number of ether oxygens (including phenoxy) is 1. The summed E-state index contributed by atoms with van der Waals surface area (Å²) in [5.74, 6) is 0.152. The van der Waals surface area contributed by atoms with Crippen LogP contribution in [0.5, 0.6) is 0 Å². The van der Waals surface area contributed by atoms with Crippen molar-refractivity contribution < 1.29 is 28.9 Å². The topological polar surface area (TPSA) is 227 Å². The summed E-state index contributed by atoms with van der Waals surface area (Å²) >= 11 is 6.68. The predicted octanol–water partition coefficient (Wildman–Crippen LogP) is 7.61. The summed E-state index contributed by atoms with van der Waals surface area (Å²) in [6.45, 7) is 8.40. The molecule has 0 spiro atoms. The summed E-state index contributed by atoms with van der Waals surface area (Å²) in [7, 11) is 1.24. The van der Waals surface area contributed by atoms with E-state index in [-0.39, 0.29) is 42.8 Å². The third kappa shape index (κ3) is 9.12. The van der Waals surface area contributed by atoms with E-state index >= 15 is 0 Å². The highest BCUT2D eigenvalue weighted by molar-refractivity contribution is 6.31. The van der Waals surface area contributed by atoms with Crippen LogP contribution in [0.1, 0.15) is 70.7 Å². The smallest absolute Gasteiger partial charge is 0.407 e. The van der Waals surface area contributed by atoms with Crippen molar-refractivity contribution in [2.24, 2.45) is 22.9 Å². The second kappa shape index (κ2) is 18.6. The van der Waals surface area contributed by atoms with Gasteiger partial charge in [-0.15, -0.1) is 0 Å². The lowest BCUT2D eigenvalue weighted by Gasteiger charge is -2.30. The maximum Gasteiger partial charge on any atom is 0.407 e. The van der Waals surface area contributed by atoms with Gasteiger partial charge in [-0.25, -0.2) is 14.8 Å². The molecule has 2 aromatic heterocycles. The second-order valence-electron chi connectivity index (χ2n) is 15.1. The fourth-order valence-electron chi connectivity index (χ4n) is 7.62. The van der Waals surface area contributed by atoms with Crippen molar-refractivity contribution in [2.75, 3.05) is 26.8 Å². The first-order chi connectivity index (χ1) is 27.9. The minimum atomic E-state index is -0.838. The molecule has 6 rings (SSSR count). The number of imidazole rings is 2. The number of halogens is 1. The van der Waals surface area contributed by atoms with Crippen molar-refractivity contribution in [3.8, 4) is 33.6 Å². The highest BCUT2D eigenvalue weighted by Gasteiger charge is 2.41. The van der Waals surface area contributed by atoms with E-state index in [0.29, 0.717) is 41.9 Å². The number of carbonyl (C=O) groups is 3. The minimum Gasteiger partial charge on any atom is -0.453 e. The molecule has 2 saturated heterocycles. The first-order valence-corrected chi connectivity index (χ1v) is 19.6. The highest BCUT2D eigenvalue weighted by Crippen LogP contribution is 2.38. The first-order valence-electron chi connectivity index (χ1n) is 19.2. The van der Waals surface area contributed by atoms with E-state index in [4.69, 9.17) is 32.2 Å². The number of H-pyrrole nitrogens is 2. The number of benzene rings is 2. The van der Waals surface area contributed by atoms with Crippen LogP contribution in [-0.2, 0) is 24.1 Å². The van der Waals surface area contributed by atoms with E-state index in [1.54, 1.807) is 11.1 Å². The third-order valence-electron chi connectivity index (χ3n) is 10.8. The maximum absolute atomic E-state index is 13.7. The van der Waals surface area contributed by atoms with Crippen molar-refractivity contribution >= 4 is 35.9 Å². The molecular formula is C40H48ClN11O6. The molecule has 4 aromatic rings. The lowest BCUT2D eigenvalue weighted by atomic mass is 9.95. The molecule has 2 fully saturated rings. The molecule has 3 amide bonds. The molecule has 4 heterocycles. The van der Waals surface area contributed by atoms with Crippen LogP contribution in [0.15, 0.2) is 59.8 Å². The number of nitrogens with one attached hydrogen (secondary N) is 4. The van der Waals surface area contributed by atoms with Gasteiger partial charge in [0.25, 0.3) is 0 Å². The molecule has 0 aliphatic carbocycles. The molecule has 2 aromatic carbocycles. The predicted molar refractivity (Wildman–Crippen MR) is 216 cm³/mol. The van der Waals surface area contributed by atoms with Gasteiger partial charge in [0.15, 0.2) is 5.15 Å². The number of aromatic nitrogens is 4. The maximum atomic E-state index is 13.7. The van der Waals surface area contributed by atoms with Crippen LogP contribution >= 0.6 is 11.6 Å². The van der Waals surface area contributed by atoms with Gasteiger partial charge >= 0.3 is 6.09 Å². The van der Waals surface area contributed by atoms with Crippen LogP contribution < -0.4 is 5.32 Å². The summed E-state index contributed by atoms with van der Waals surface area (Å²) in [6.07, 6.45) is 3.65. The molecule has 0 saturated carbocycles. The number of carbonyl (C=O) groups excluding carboxylic acids is 3. The van der Waals surface area contributed by atoms with Gasteiger partial charge in [0.1, 0.15) is 24.3 Å². The van der Waals surface area contributed by atoms with Crippen LogP contribution in [0, 0.1) is 23.2 Å². The third-order valence-corrected chi connectivity index (χ3v) is 11.1. The van der Waals surface area contributed by atoms with Crippen LogP contribution in [0.3, 0.4) is 0 Å². The molecule has 4 N–H and O–H groups in total. The van der Waals surface area contributed by atoms with Gasteiger partial charge in [-0.05, 0) is 53.3 Å². The van der Waals surface area contributed by atoms with Crippen LogP contribution in [0.2, 0.25) is 5.15 Å². The van der Waals surface area contributed by atoms with E-state index in [1.165, 1.54) is 7.11 Å². The Labute approximate surface area is 340 Å². The number of rotatable bonds is 15. The normalized spacial score (nSPS) is 18.9. The van der Waals surface area contributed by atoms with Crippen molar-refractivity contribution in [3.05, 3.63) is 82.0 Å². The van der Waals surface area contributed by atoms with E-state index in [2.05, 4.69) is 40.2 Å². The number of methoxy groups -OCH3 is 1. The van der Waals surface area contributed by atoms with Gasteiger partial charge in [-0.1, -0.05) is 92.9 Å². The molecule has 17 nitrogen and oxygen atoms in total. The summed E-state index contributed by atoms with van der Waals surface area (Å²) < 4.78 is 4.74. The Hall–Kier alpha value is -5.90. The van der Waals surface area contributed by atoms with Crippen LogP contribution in [0.4, 0.5) is 4.79 Å². The van der Waals surface area contributed by atoms with Crippen molar-refractivity contribution in [2.45, 2.75) is 71.1 Å². The highest BCUT2D eigenvalue weighted by atomic mass is 35.5. The fraction of sp³-hybridized carbons (Fsp3) is 0.450. The zero-order valence-electron chi connectivity index (χ0n) is 33.0. The number of aromatic amines is 2. The summed E-state index contributed by atoms with van der Waals surface area (Å²) in [5.41, 5.74) is 14.3. The monoisotopic (exact) mass is 813 g/mol. The van der Waals surface area contributed by atoms with Crippen LogP contribution in [-0.4, -0.2) is 92.9 Å². The summed E-state index contributed by atoms with van der Waals surface area (Å²) in [6, 6.07) is 13.9. The number of likely N-dealkylation sites (tertiary alicyclic amines) is 2. The Morgan fingerprint density at radius 1 is 0.983 bits per heavy atom. The summed E-state index contributed by atoms with van der Waals surface area (Å²) in [5, 5.41) is 13.9. The molecule has 0 radical (unpaired) electrons. The average Bonchev–Trinajstić information content (AvgIpc) is 4.05. The van der Waals surface area contributed by atoms with E-state index in [0.717, 1.165) is 40.8 Å². The number of nitrogens with zero attached hydrogens (tertiary/aromatic N) is 7. The Morgan fingerprint density at radius 3 is 2.28 bits per heavy atom. The Balaban J connectivity index is 1.15. The van der Waals surface area contributed by atoms with E-state index < -0.39 is 30.1 Å². The molecule has 0 unspecified atom stereocenters. The standard InChI is InChI=1S/C40H48ClN11O6/c1-22(2)29(20-57-58-21-42)38(53)51-16-6-7-31(51)37-46-34(35(41)48-37)27-14-10-25(11-15-27)24-8-12-26(13-9-24)30-18-44-36(45-30)32-17-28(49-50-43)19-52(32)39(54)33(23(3)4)47-40(55)56-5/h8-15,18,21-23,28-29,31-33,42H,6-7,16-17,19-20H2,1-5H3,(H,44,45)(H,46,48)(H,47,55)/t28-,29-,31-,32-,33-/m0/s1. The zero-order chi connectivity index (χ0) is 41.5. The Bertz CT molecular complexity index is 2130. The van der Waals surface area contributed by atoms with Gasteiger partial charge in [-0.2, -0.15) is 4.89 Å². The molecule has 5 atom stereocenters. The van der Waals surface area contributed by atoms with Gasteiger partial charge in [0.05, 0.1) is 48.7 Å². The molecule has 58 heavy (non-hydrogen) atoms. The van der Waals surface area contributed by atoms with Crippen molar-refractivity contribution in [3.63, 3.8) is 0 Å². The minimum absolute atomic E-state index is 0.00198. The molecule has 2 aliphatic rings. The van der Waals surface area contributed by atoms with Crippen molar-refractivity contribution in [1.82, 2.24) is 35.1 Å². The molecule has 0 bridgehead atoms. The largest absolute Gasteiger partial charge is 0.453 e.